The Bertz CT molecular complexity index is 102. The summed E-state index contributed by atoms with van der Waals surface area (Å²) in [6.07, 6.45) is 3.96. The number of carbonyl (C=O) groups excluding carboxylic acids is 1. The van der Waals surface area contributed by atoms with Gasteiger partial charge in [0, 0.05) is 11.5 Å². The summed E-state index contributed by atoms with van der Waals surface area (Å²) in [5.74, 6) is 1.56. The van der Waals surface area contributed by atoms with Gasteiger partial charge in [-0.25, -0.2) is 0 Å². The summed E-state index contributed by atoms with van der Waals surface area (Å²) in [4.78, 5) is 10.7. The number of rotatable bonds is 5. The number of amides is 1. The van der Waals surface area contributed by atoms with Gasteiger partial charge in [0.15, 0.2) is 0 Å². The zero-order chi connectivity index (χ0) is 7.98. The molecule has 0 aliphatic carbocycles. The lowest BCUT2D eigenvalue weighted by Gasteiger charge is -2.08. The molecule has 0 fully saturated rings. The Balaban J connectivity index is 3.61. The third-order valence-electron chi connectivity index (χ3n) is 1.14. The molecular formula is C6H13NOS2. The number of hydrogen-bond donors (Lipinski definition) is 1. The molecule has 0 atom stereocenters. The molecule has 0 aromatic carbocycles. The fraction of sp³-hybridized carbons (Fsp3) is 0.833. The van der Waals surface area contributed by atoms with Gasteiger partial charge in [-0.2, -0.15) is 23.5 Å². The van der Waals surface area contributed by atoms with Crippen LogP contribution in [0.1, 0.15) is 0 Å². The maximum atomic E-state index is 10.7. The van der Waals surface area contributed by atoms with E-state index in [-0.39, 0.29) is 11.8 Å². The Kier molecular flexibility index (Phi) is 6.02. The van der Waals surface area contributed by atoms with E-state index in [4.69, 9.17) is 5.73 Å². The minimum absolute atomic E-state index is 0.0463. The van der Waals surface area contributed by atoms with E-state index in [0.717, 1.165) is 11.5 Å². The van der Waals surface area contributed by atoms with E-state index in [0.29, 0.717) is 0 Å². The third-order valence-corrected chi connectivity index (χ3v) is 2.61. The van der Waals surface area contributed by atoms with Crippen LogP contribution in [0.15, 0.2) is 0 Å². The van der Waals surface area contributed by atoms with Crippen molar-refractivity contribution in [3.63, 3.8) is 0 Å². The first kappa shape index (κ1) is 10.2. The van der Waals surface area contributed by atoms with E-state index < -0.39 is 0 Å². The number of primary amides is 1. The van der Waals surface area contributed by atoms with Crippen molar-refractivity contribution < 1.29 is 4.79 Å². The number of thioether (sulfide) groups is 2. The molecule has 0 rings (SSSR count). The fourth-order valence-corrected chi connectivity index (χ4v) is 2.13. The van der Waals surface area contributed by atoms with Crippen molar-refractivity contribution in [2.75, 3.05) is 24.0 Å². The summed E-state index contributed by atoms with van der Waals surface area (Å²) in [6.45, 7) is 0. The van der Waals surface area contributed by atoms with Crippen molar-refractivity contribution in [3.8, 4) is 0 Å². The largest absolute Gasteiger partial charge is 0.369 e. The minimum Gasteiger partial charge on any atom is -0.369 e. The average Bonchev–Trinajstić information content (AvgIpc) is 1.87. The standard InChI is InChI=1S/C6H13NOS2/c1-9-3-5(4-10-2)6(7)8/h5H,3-4H2,1-2H3,(H2,7,8). The number of nitrogens with two attached hydrogens (primary N) is 1. The molecule has 1 amide bonds. The molecule has 0 aromatic rings. The van der Waals surface area contributed by atoms with E-state index in [1.807, 2.05) is 12.5 Å². The van der Waals surface area contributed by atoms with Crippen LogP contribution in [0, 0.1) is 5.92 Å². The summed E-state index contributed by atoms with van der Waals surface area (Å²) in [7, 11) is 0. The van der Waals surface area contributed by atoms with Gasteiger partial charge in [0.2, 0.25) is 5.91 Å². The molecule has 0 spiro atoms. The maximum absolute atomic E-state index is 10.7. The molecule has 0 heterocycles. The normalized spacial score (nSPS) is 10.3. The molecule has 0 aliphatic rings. The topological polar surface area (TPSA) is 43.1 Å². The second-order valence-corrected chi connectivity index (χ2v) is 3.83. The Morgan fingerprint density at radius 1 is 1.40 bits per heavy atom. The molecule has 0 bridgehead atoms. The van der Waals surface area contributed by atoms with Gasteiger partial charge >= 0.3 is 0 Å². The fourth-order valence-electron chi connectivity index (χ4n) is 0.615. The van der Waals surface area contributed by atoms with Crippen LogP contribution < -0.4 is 5.73 Å². The highest BCUT2D eigenvalue weighted by atomic mass is 32.2. The highest BCUT2D eigenvalue weighted by molar-refractivity contribution is 7.99. The van der Waals surface area contributed by atoms with Gasteiger partial charge in [-0.3, -0.25) is 4.79 Å². The maximum Gasteiger partial charge on any atom is 0.222 e. The molecule has 0 unspecified atom stereocenters. The number of carbonyl (C=O) groups is 1. The quantitative estimate of drug-likeness (QED) is 0.679. The van der Waals surface area contributed by atoms with Crippen LogP contribution in [0.2, 0.25) is 0 Å². The van der Waals surface area contributed by atoms with Crippen LogP contribution in [-0.2, 0) is 4.79 Å². The van der Waals surface area contributed by atoms with Gasteiger partial charge in [-0.15, -0.1) is 0 Å². The Hall–Kier alpha value is 0.170. The first-order valence-corrected chi connectivity index (χ1v) is 5.78. The average molecular weight is 179 g/mol. The summed E-state index contributed by atoms with van der Waals surface area (Å²) in [6, 6.07) is 0. The van der Waals surface area contributed by atoms with E-state index in [9.17, 15) is 4.79 Å². The second-order valence-electron chi connectivity index (χ2n) is 2.01. The first-order chi connectivity index (χ1) is 4.72. The van der Waals surface area contributed by atoms with Gasteiger partial charge in [0.25, 0.3) is 0 Å². The third kappa shape index (κ3) is 4.06. The lowest BCUT2D eigenvalue weighted by Crippen LogP contribution is -2.26. The Morgan fingerprint density at radius 2 is 1.80 bits per heavy atom. The molecule has 0 aliphatic heterocycles. The monoisotopic (exact) mass is 179 g/mol. The van der Waals surface area contributed by atoms with E-state index in [1.165, 1.54) is 0 Å². The van der Waals surface area contributed by atoms with Crippen LogP contribution in [0.25, 0.3) is 0 Å². The smallest absolute Gasteiger partial charge is 0.222 e. The number of hydrogen-bond acceptors (Lipinski definition) is 3. The van der Waals surface area contributed by atoms with Crippen LogP contribution in [0.4, 0.5) is 0 Å². The summed E-state index contributed by atoms with van der Waals surface area (Å²) >= 11 is 3.33. The van der Waals surface area contributed by atoms with Crippen LogP contribution in [0.5, 0.6) is 0 Å². The first-order valence-electron chi connectivity index (χ1n) is 2.99. The molecule has 0 aromatic heterocycles. The molecule has 0 saturated carbocycles. The van der Waals surface area contributed by atoms with Crippen molar-refractivity contribution in [1.29, 1.82) is 0 Å². The minimum atomic E-state index is -0.177. The molecule has 10 heavy (non-hydrogen) atoms. The summed E-state index contributed by atoms with van der Waals surface area (Å²) in [5.41, 5.74) is 5.14. The second kappa shape index (κ2) is 5.92. The molecule has 60 valence electrons. The van der Waals surface area contributed by atoms with Crippen LogP contribution in [0.3, 0.4) is 0 Å². The lowest BCUT2D eigenvalue weighted by molar-refractivity contribution is -0.120. The van der Waals surface area contributed by atoms with E-state index >= 15 is 0 Å². The molecule has 0 radical (unpaired) electrons. The Labute approximate surface area is 70.3 Å². The van der Waals surface area contributed by atoms with Gasteiger partial charge < -0.3 is 5.73 Å². The Morgan fingerprint density at radius 3 is 2.00 bits per heavy atom. The van der Waals surface area contributed by atoms with Crippen molar-refractivity contribution in [1.82, 2.24) is 0 Å². The lowest BCUT2D eigenvalue weighted by atomic mass is 10.2. The zero-order valence-electron chi connectivity index (χ0n) is 6.29. The van der Waals surface area contributed by atoms with Crippen molar-refractivity contribution in [2.24, 2.45) is 11.7 Å². The van der Waals surface area contributed by atoms with Crippen LogP contribution in [-0.4, -0.2) is 29.9 Å². The van der Waals surface area contributed by atoms with Crippen molar-refractivity contribution in [2.45, 2.75) is 0 Å². The summed E-state index contributed by atoms with van der Waals surface area (Å²) in [5, 5.41) is 0. The molecule has 4 heteroatoms. The molecule has 0 saturated heterocycles. The predicted octanol–water partition coefficient (Wildman–Crippen LogP) is 0.814. The molecular weight excluding hydrogens is 166 g/mol. The van der Waals surface area contributed by atoms with Crippen LogP contribution >= 0.6 is 23.5 Å². The van der Waals surface area contributed by atoms with Crippen molar-refractivity contribution in [3.05, 3.63) is 0 Å². The van der Waals surface area contributed by atoms with E-state index in [1.54, 1.807) is 23.5 Å². The highest BCUT2D eigenvalue weighted by Gasteiger charge is 2.12. The van der Waals surface area contributed by atoms with E-state index in [2.05, 4.69) is 0 Å². The summed E-state index contributed by atoms with van der Waals surface area (Å²) < 4.78 is 0. The zero-order valence-corrected chi connectivity index (χ0v) is 7.93. The van der Waals surface area contributed by atoms with Crippen molar-refractivity contribution >= 4 is 29.4 Å². The van der Waals surface area contributed by atoms with Gasteiger partial charge in [0.05, 0.1) is 5.92 Å². The predicted molar refractivity (Wildman–Crippen MR) is 49.4 cm³/mol. The van der Waals surface area contributed by atoms with Gasteiger partial charge in [-0.1, -0.05) is 0 Å². The SMILES string of the molecule is CSCC(CSC)C(N)=O. The molecule has 2 nitrogen and oxygen atoms in total. The van der Waals surface area contributed by atoms with Gasteiger partial charge in [-0.05, 0) is 12.5 Å². The highest BCUT2D eigenvalue weighted by Crippen LogP contribution is 2.09. The van der Waals surface area contributed by atoms with Gasteiger partial charge in [0.1, 0.15) is 0 Å². The molecule has 2 N–H and O–H groups in total.